The van der Waals surface area contributed by atoms with Crippen molar-refractivity contribution < 1.29 is 9.21 Å². The Kier molecular flexibility index (Phi) is 4.34. The molecular formula is C17H22N4O2. The van der Waals surface area contributed by atoms with Crippen LogP contribution < -0.4 is 5.32 Å². The molecule has 0 radical (unpaired) electrons. The number of carbonyl (C=O) groups is 1. The van der Waals surface area contributed by atoms with E-state index in [1.165, 1.54) is 0 Å². The third-order valence-electron chi connectivity index (χ3n) is 4.50. The molecule has 0 spiro atoms. The fourth-order valence-electron chi connectivity index (χ4n) is 3.06. The van der Waals surface area contributed by atoms with Gasteiger partial charge in [0.15, 0.2) is 0 Å². The highest BCUT2D eigenvalue weighted by molar-refractivity contribution is 5.80. The van der Waals surface area contributed by atoms with E-state index in [9.17, 15) is 4.79 Å². The highest BCUT2D eigenvalue weighted by Gasteiger charge is 2.39. The Bertz CT molecular complexity index is 702. The van der Waals surface area contributed by atoms with Crippen LogP contribution in [0.3, 0.4) is 0 Å². The highest BCUT2D eigenvalue weighted by Crippen LogP contribution is 2.33. The molecule has 0 bridgehead atoms. The molecule has 3 heterocycles. The van der Waals surface area contributed by atoms with Crippen molar-refractivity contribution in [1.29, 1.82) is 0 Å². The van der Waals surface area contributed by atoms with Crippen molar-refractivity contribution in [1.82, 2.24) is 20.0 Å². The minimum absolute atomic E-state index is 0.0215. The number of aryl methyl sites for hydroxylation is 1. The fraction of sp³-hybridized carbons (Fsp3) is 0.412. The molecule has 0 aliphatic carbocycles. The van der Waals surface area contributed by atoms with E-state index in [2.05, 4.69) is 10.4 Å². The molecule has 1 fully saturated rings. The van der Waals surface area contributed by atoms with Crippen molar-refractivity contribution in [2.45, 2.75) is 25.4 Å². The predicted molar refractivity (Wildman–Crippen MR) is 87.6 cm³/mol. The first kappa shape index (κ1) is 15.6. The lowest BCUT2D eigenvalue weighted by Gasteiger charge is -2.25. The largest absolute Gasteiger partial charge is 0.465 e. The van der Waals surface area contributed by atoms with Crippen molar-refractivity contribution in [2.24, 2.45) is 7.05 Å². The van der Waals surface area contributed by atoms with Crippen LogP contribution in [0.15, 0.2) is 35.1 Å². The Morgan fingerprint density at radius 2 is 2.30 bits per heavy atom. The van der Waals surface area contributed by atoms with Gasteiger partial charge in [-0.1, -0.05) is 6.08 Å². The molecule has 1 aliphatic heterocycles. The number of amides is 1. The van der Waals surface area contributed by atoms with E-state index < -0.39 is 0 Å². The average molecular weight is 314 g/mol. The molecule has 1 aliphatic rings. The van der Waals surface area contributed by atoms with Gasteiger partial charge in [-0.2, -0.15) is 5.10 Å². The molecule has 122 valence electrons. The lowest BCUT2D eigenvalue weighted by atomic mass is 10.0. The predicted octanol–water partition coefficient (Wildman–Crippen LogP) is 1.90. The van der Waals surface area contributed by atoms with Crippen LogP contribution in [-0.4, -0.2) is 40.2 Å². The molecule has 2 aromatic rings. The van der Waals surface area contributed by atoms with Gasteiger partial charge in [0.2, 0.25) is 5.91 Å². The van der Waals surface area contributed by atoms with Crippen molar-refractivity contribution >= 4 is 12.0 Å². The quantitative estimate of drug-likeness (QED) is 0.915. The molecule has 0 unspecified atom stereocenters. The minimum atomic E-state index is 0.0215. The summed E-state index contributed by atoms with van der Waals surface area (Å²) in [5, 5.41) is 7.77. The molecule has 6 heteroatoms. The zero-order chi connectivity index (χ0) is 16.4. The summed E-state index contributed by atoms with van der Waals surface area (Å²) in [5.41, 5.74) is 2.20. The Balaban J connectivity index is 1.69. The van der Waals surface area contributed by atoms with Crippen LogP contribution in [0.25, 0.3) is 6.08 Å². The number of aromatic nitrogens is 2. The molecule has 0 aromatic carbocycles. The number of hydrogen-bond donors (Lipinski definition) is 1. The number of likely N-dealkylation sites (N-methyl/N-ethyl adjacent to an activating group) is 1. The molecule has 1 saturated heterocycles. The fourth-order valence-corrected chi connectivity index (χ4v) is 3.06. The zero-order valence-electron chi connectivity index (χ0n) is 13.7. The summed E-state index contributed by atoms with van der Waals surface area (Å²) in [6.07, 6.45) is 7.96. The third kappa shape index (κ3) is 3.07. The van der Waals surface area contributed by atoms with Gasteiger partial charge in [-0.15, -0.1) is 0 Å². The first-order valence-electron chi connectivity index (χ1n) is 7.75. The van der Waals surface area contributed by atoms with Crippen molar-refractivity contribution in [3.8, 4) is 0 Å². The van der Waals surface area contributed by atoms with Gasteiger partial charge in [-0.3, -0.25) is 9.48 Å². The van der Waals surface area contributed by atoms with Gasteiger partial charge in [0.05, 0.1) is 18.5 Å². The second-order valence-electron chi connectivity index (χ2n) is 5.90. The van der Waals surface area contributed by atoms with Crippen LogP contribution in [0.5, 0.6) is 0 Å². The summed E-state index contributed by atoms with van der Waals surface area (Å²) in [5.74, 6) is 0.983. The van der Waals surface area contributed by atoms with Gasteiger partial charge in [0.25, 0.3) is 0 Å². The van der Waals surface area contributed by atoms with Gasteiger partial charge >= 0.3 is 0 Å². The molecule has 6 nitrogen and oxygen atoms in total. The van der Waals surface area contributed by atoms with E-state index in [1.807, 2.05) is 61.1 Å². The molecule has 3 rings (SSSR count). The van der Waals surface area contributed by atoms with Gasteiger partial charge < -0.3 is 14.6 Å². The normalized spacial score (nSPS) is 21.7. The third-order valence-corrected chi connectivity index (χ3v) is 4.50. The second kappa shape index (κ2) is 6.42. The lowest BCUT2D eigenvalue weighted by Crippen LogP contribution is -2.35. The van der Waals surface area contributed by atoms with Crippen LogP contribution >= 0.6 is 0 Å². The minimum Gasteiger partial charge on any atom is -0.465 e. The number of nitrogens with zero attached hydrogens (tertiary/aromatic N) is 3. The molecule has 0 saturated carbocycles. The Morgan fingerprint density at radius 3 is 2.96 bits per heavy atom. The number of rotatable bonds is 5. The van der Waals surface area contributed by atoms with Crippen LogP contribution in [0.4, 0.5) is 0 Å². The Morgan fingerprint density at radius 1 is 1.48 bits per heavy atom. The molecule has 2 aromatic heterocycles. The van der Waals surface area contributed by atoms with Crippen LogP contribution in [0.1, 0.15) is 29.5 Å². The summed E-state index contributed by atoms with van der Waals surface area (Å²) >= 11 is 0. The number of carbonyl (C=O) groups excluding carboxylic acids is 1. The summed E-state index contributed by atoms with van der Waals surface area (Å²) in [7, 11) is 3.78. The number of furan rings is 1. The summed E-state index contributed by atoms with van der Waals surface area (Å²) in [4.78, 5) is 13.9. The van der Waals surface area contributed by atoms with Gasteiger partial charge in [0, 0.05) is 44.4 Å². The Labute approximate surface area is 135 Å². The van der Waals surface area contributed by atoms with E-state index >= 15 is 0 Å². The van der Waals surface area contributed by atoms with Gasteiger partial charge in [-0.25, -0.2) is 0 Å². The average Bonchev–Trinajstić information content (AvgIpc) is 3.21. The van der Waals surface area contributed by atoms with Crippen molar-refractivity contribution in [2.75, 3.05) is 13.6 Å². The van der Waals surface area contributed by atoms with Crippen LogP contribution in [-0.2, 0) is 11.8 Å². The standard InChI is InChI=1S/C17H22N4O2/c1-12-14(11-19-21(12)3)17-15(10-16(22)20(17)2)18-8-4-6-13-7-5-9-23-13/h4-7,9,11,15,17-18H,8,10H2,1-3H3/b6-4+/t15-,17+/m1/s1. The number of nitrogens with one attached hydrogen (secondary N) is 1. The lowest BCUT2D eigenvalue weighted by molar-refractivity contribution is -0.127. The van der Waals surface area contributed by atoms with Crippen molar-refractivity contribution in [3.63, 3.8) is 0 Å². The second-order valence-corrected chi connectivity index (χ2v) is 5.90. The van der Waals surface area contributed by atoms with Crippen LogP contribution in [0.2, 0.25) is 0 Å². The van der Waals surface area contributed by atoms with E-state index in [0.29, 0.717) is 13.0 Å². The molecule has 2 atom stereocenters. The molecule has 1 amide bonds. The van der Waals surface area contributed by atoms with Crippen LogP contribution in [0, 0.1) is 6.92 Å². The summed E-state index contributed by atoms with van der Waals surface area (Å²) in [6.45, 7) is 2.72. The first-order chi connectivity index (χ1) is 11.1. The summed E-state index contributed by atoms with van der Waals surface area (Å²) < 4.78 is 7.11. The monoisotopic (exact) mass is 314 g/mol. The van der Waals surface area contributed by atoms with Crippen molar-refractivity contribution in [3.05, 3.63) is 47.7 Å². The SMILES string of the molecule is Cc1c([C@H]2[C@H](NC/C=C/c3ccco3)CC(=O)N2C)cnn1C. The maximum Gasteiger partial charge on any atom is 0.224 e. The number of likely N-dealkylation sites (tertiary alicyclic amines) is 1. The van der Waals surface area contributed by atoms with E-state index in [-0.39, 0.29) is 18.0 Å². The van der Waals surface area contributed by atoms with Gasteiger partial charge in [-0.05, 0) is 25.1 Å². The first-order valence-corrected chi connectivity index (χ1v) is 7.75. The van der Waals surface area contributed by atoms with E-state index in [0.717, 1.165) is 17.0 Å². The topological polar surface area (TPSA) is 63.3 Å². The zero-order valence-corrected chi connectivity index (χ0v) is 13.7. The molecule has 1 N–H and O–H groups in total. The maximum absolute atomic E-state index is 12.1. The smallest absolute Gasteiger partial charge is 0.224 e. The molecular weight excluding hydrogens is 292 g/mol. The number of hydrogen-bond acceptors (Lipinski definition) is 4. The molecule has 23 heavy (non-hydrogen) atoms. The highest BCUT2D eigenvalue weighted by atomic mass is 16.3. The van der Waals surface area contributed by atoms with E-state index in [1.54, 1.807) is 6.26 Å². The summed E-state index contributed by atoms with van der Waals surface area (Å²) in [6, 6.07) is 3.87. The Hall–Kier alpha value is -2.34. The van der Waals surface area contributed by atoms with E-state index in [4.69, 9.17) is 4.42 Å². The van der Waals surface area contributed by atoms with Gasteiger partial charge in [0.1, 0.15) is 5.76 Å². The maximum atomic E-state index is 12.1.